The van der Waals surface area contributed by atoms with Crippen LogP contribution in [0.1, 0.15) is 38.5 Å². The maximum absolute atomic E-state index is 13.3. The smallest absolute Gasteiger partial charge is 0.328 e. The molecule has 0 aliphatic carbocycles. The van der Waals surface area contributed by atoms with Crippen LogP contribution in [0.2, 0.25) is 0 Å². The predicted molar refractivity (Wildman–Crippen MR) is 203 cm³/mol. The summed E-state index contributed by atoms with van der Waals surface area (Å²) in [7, 11) is 1.24. The lowest BCUT2D eigenvalue weighted by atomic mass is 9.92. The highest BCUT2D eigenvalue weighted by Gasteiger charge is 2.26. The molecule has 0 unspecified atom stereocenters. The number of esters is 1. The minimum absolute atomic E-state index is 0.0143. The summed E-state index contributed by atoms with van der Waals surface area (Å²) in [6, 6.07) is 22.4. The van der Waals surface area contributed by atoms with E-state index in [1.54, 1.807) is 6.08 Å². The van der Waals surface area contributed by atoms with Crippen molar-refractivity contribution in [3.05, 3.63) is 98.1 Å². The van der Waals surface area contributed by atoms with E-state index >= 15 is 0 Å². The van der Waals surface area contributed by atoms with Crippen LogP contribution in [0.5, 0.6) is 11.5 Å². The van der Waals surface area contributed by atoms with Crippen LogP contribution >= 0.6 is 0 Å². The highest BCUT2D eigenvalue weighted by atomic mass is 16.5. The molecule has 0 saturated carbocycles. The quantitative estimate of drug-likeness (QED) is 0.0308. The number of hydrogen-bond acceptors (Lipinski definition) is 7. The Morgan fingerprint density at radius 2 is 1.41 bits per heavy atom. The molecule has 0 fully saturated rings. The largest absolute Gasteiger partial charge is 0.493 e. The Hall–Kier alpha value is -5.84. The standard InChI is InChI=1S/C40H47N5O6/c1-4-13-32(39(48)49-3)45-38(47)31(18-10-11-24-43-40(41)42)44-35(46)19-12-26-51-34-23-21-28-15-7-9-17-30(28)37(34)36-29-16-8-6-14-27(29)20-22-33(36)50-25-5-2/h4-9,14-17,20-23,31-32H,1-2,10-13,18-19,24-26H2,3H3,(H,44,46)(H,45,47)(H4,41,42,43)/t31-,32-/m1/s1. The van der Waals surface area contributed by atoms with Crippen LogP contribution in [0, 0.1) is 0 Å². The summed E-state index contributed by atoms with van der Waals surface area (Å²) in [5, 5.41) is 9.65. The first-order chi connectivity index (χ1) is 24.8. The number of ether oxygens (including phenoxy) is 3. The highest BCUT2D eigenvalue weighted by Crippen LogP contribution is 2.45. The Morgan fingerprint density at radius 1 is 0.784 bits per heavy atom. The van der Waals surface area contributed by atoms with E-state index in [1.807, 2.05) is 48.5 Å². The maximum atomic E-state index is 13.3. The van der Waals surface area contributed by atoms with Gasteiger partial charge in [0.25, 0.3) is 0 Å². The summed E-state index contributed by atoms with van der Waals surface area (Å²) in [4.78, 5) is 42.6. The van der Waals surface area contributed by atoms with E-state index in [2.05, 4.69) is 53.0 Å². The number of fused-ring (bicyclic) bond motifs is 2. The Morgan fingerprint density at radius 3 is 2.00 bits per heavy atom. The van der Waals surface area contributed by atoms with Crippen molar-refractivity contribution in [2.45, 2.75) is 50.6 Å². The Balaban J connectivity index is 1.50. The lowest BCUT2D eigenvalue weighted by Crippen LogP contribution is -2.51. The first-order valence-electron chi connectivity index (χ1n) is 17.0. The molecule has 0 radical (unpaired) electrons. The van der Waals surface area contributed by atoms with Crippen molar-refractivity contribution >= 4 is 45.3 Å². The van der Waals surface area contributed by atoms with Crippen LogP contribution in [0.25, 0.3) is 32.7 Å². The van der Waals surface area contributed by atoms with Crippen LogP contribution in [0.3, 0.4) is 0 Å². The number of rotatable bonds is 20. The number of methoxy groups -OCH3 is 1. The average Bonchev–Trinajstić information content (AvgIpc) is 3.14. The van der Waals surface area contributed by atoms with Crippen molar-refractivity contribution in [1.82, 2.24) is 10.6 Å². The van der Waals surface area contributed by atoms with Gasteiger partial charge < -0.3 is 36.3 Å². The van der Waals surface area contributed by atoms with Crippen LogP contribution in [0.4, 0.5) is 0 Å². The van der Waals surface area contributed by atoms with Gasteiger partial charge in [0.1, 0.15) is 30.2 Å². The van der Waals surface area contributed by atoms with Crippen molar-refractivity contribution < 1.29 is 28.6 Å². The van der Waals surface area contributed by atoms with Gasteiger partial charge in [0.15, 0.2) is 5.96 Å². The van der Waals surface area contributed by atoms with E-state index in [0.29, 0.717) is 50.3 Å². The summed E-state index contributed by atoms with van der Waals surface area (Å²) in [5.74, 6) is -0.0747. The number of unbranched alkanes of at least 4 members (excludes halogenated alkanes) is 1. The number of amides is 2. The third kappa shape index (κ3) is 10.6. The molecule has 11 heteroatoms. The molecule has 0 saturated heterocycles. The average molecular weight is 694 g/mol. The normalized spacial score (nSPS) is 11.9. The lowest BCUT2D eigenvalue weighted by molar-refractivity contribution is -0.145. The zero-order valence-corrected chi connectivity index (χ0v) is 29.1. The molecule has 4 aromatic rings. The van der Waals surface area contributed by atoms with Gasteiger partial charge in [-0.1, -0.05) is 79.4 Å². The summed E-state index contributed by atoms with van der Waals surface area (Å²) in [5.41, 5.74) is 12.6. The van der Waals surface area contributed by atoms with Gasteiger partial charge in [0.05, 0.1) is 13.7 Å². The van der Waals surface area contributed by atoms with E-state index in [0.717, 1.165) is 32.7 Å². The zero-order chi connectivity index (χ0) is 36.6. The predicted octanol–water partition coefficient (Wildman–Crippen LogP) is 5.55. The molecular weight excluding hydrogens is 646 g/mol. The molecule has 11 nitrogen and oxygen atoms in total. The van der Waals surface area contributed by atoms with E-state index in [1.165, 1.54) is 13.2 Å². The fourth-order valence-corrected chi connectivity index (χ4v) is 5.82. The van der Waals surface area contributed by atoms with Crippen LogP contribution < -0.4 is 31.6 Å². The molecule has 0 aromatic heterocycles. The van der Waals surface area contributed by atoms with Gasteiger partial charge in [-0.3, -0.25) is 14.6 Å². The molecule has 2 amide bonds. The van der Waals surface area contributed by atoms with E-state index in [9.17, 15) is 14.4 Å². The molecule has 4 rings (SSSR count). The van der Waals surface area contributed by atoms with Gasteiger partial charge >= 0.3 is 5.97 Å². The number of hydrogen-bond donors (Lipinski definition) is 4. The zero-order valence-electron chi connectivity index (χ0n) is 29.1. The van der Waals surface area contributed by atoms with Crippen molar-refractivity contribution in [2.75, 3.05) is 26.9 Å². The van der Waals surface area contributed by atoms with Gasteiger partial charge in [0, 0.05) is 24.1 Å². The molecular formula is C40H47N5O6. The molecule has 4 aromatic carbocycles. The molecule has 51 heavy (non-hydrogen) atoms. The van der Waals surface area contributed by atoms with Gasteiger partial charge in [-0.25, -0.2) is 4.79 Å². The number of aliphatic imine (C=N–C) groups is 1. The van der Waals surface area contributed by atoms with E-state index in [-0.39, 0.29) is 31.3 Å². The summed E-state index contributed by atoms with van der Waals surface area (Å²) >= 11 is 0. The van der Waals surface area contributed by atoms with E-state index in [4.69, 9.17) is 25.7 Å². The van der Waals surface area contributed by atoms with Crippen molar-refractivity contribution in [2.24, 2.45) is 16.5 Å². The molecule has 0 bridgehead atoms. The molecule has 0 aliphatic rings. The number of nitrogens with zero attached hydrogens (tertiary/aromatic N) is 1. The lowest BCUT2D eigenvalue weighted by Gasteiger charge is -2.22. The van der Waals surface area contributed by atoms with Crippen LogP contribution in [-0.4, -0.2) is 62.7 Å². The molecule has 268 valence electrons. The Labute approximate surface area is 298 Å². The fourth-order valence-electron chi connectivity index (χ4n) is 5.82. The SMILES string of the molecule is C=CCOc1ccc2ccccc2c1-c1c(OCCCC(=O)N[C@H](CCCCN=C(N)N)C(=O)N[C@H](CC=C)C(=O)OC)ccc2ccccc12. The summed E-state index contributed by atoms with van der Waals surface area (Å²) < 4.78 is 17.4. The maximum Gasteiger partial charge on any atom is 0.328 e. The molecule has 2 atom stereocenters. The second-order valence-corrected chi connectivity index (χ2v) is 11.9. The van der Waals surface area contributed by atoms with Gasteiger partial charge in [-0.15, -0.1) is 6.58 Å². The monoisotopic (exact) mass is 693 g/mol. The van der Waals surface area contributed by atoms with Crippen LogP contribution in [-0.2, 0) is 19.1 Å². The van der Waals surface area contributed by atoms with E-state index < -0.39 is 24.0 Å². The van der Waals surface area contributed by atoms with Crippen molar-refractivity contribution in [1.29, 1.82) is 0 Å². The summed E-state index contributed by atoms with van der Waals surface area (Å²) in [6.07, 6.45) is 5.37. The Kier molecular flexibility index (Phi) is 14.4. The van der Waals surface area contributed by atoms with Crippen LogP contribution in [0.15, 0.2) is 103 Å². The Bertz CT molecular complexity index is 1870. The number of carbonyl (C=O) groups is 3. The second-order valence-electron chi connectivity index (χ2n) is 11.9. The first-order valence-corrected chi connectivity index (χ1v) is 17.0. The van der Waals surface area contributed by atoms with Gasteiger partial charge in [0.2, 0.25) is 11.8 Å². The molecule has 0 aliphatic heterocycles. The third-order valence-electron chi connectivity index (χ3n) is 8.25. The topological polar surface area (TPSA) is 167 Å². The fraction of sp³-hybridized carbons (Fsp3) is 0.300. The first kappa shape index (κ1) is 38.0. The number of benzene rings is 4. The molecule has 0 heterocycles. The minimum Gasteiger partial charge on any atom is -0.493 e. The summed E-state index contributed by atoms with van der Waals surface area (Å²) in [6.45, 7) is 8.44. The molecule has 6 N–H and O–H groups in total. The minimum atomic E-state index is -0.921. The number of nitrogens with two attached hydrogens (primary N) is 2. The van der Waals surface area contributed by atoms with Gasteiger partial charge in [-0.2, -0.15) is 0 Å². The van der Waals surface area contributed by atoms with Crippen molar-refractivity contribution in [3.8, 4) is 22.6 Å². The number of carbonyl (C=O) groups excluding carboxylic acids is 3. The third-order valence-corrected chi connectivity index (χ3v) is 8.25. The second kappa shape index (κ2) is 19.4. The van der Waals surface area contributed by atoms with Crippen molar-refractivity contribution in [3.63, 3.8) is 0 Å². The number of guanidine groups is 1. The number of nitrogens with one attached hydrogen (secondary N) is 2. The van der Waals surface area contributed by atoms with Gasteiger partial charge in [-0.05, 0) is 65.8 Å². The highest BCUT2D eigenvalue weighted by molar-refractivity contribution is 6.09. The molecule has 0 spiro atoms.